The first-order valence-electron chi connectivity index (χ1n) is 10.5. The molecule has 0 saturated carbocycles. The summed E-state index contributed by atoms with van der Waals surface area (Å²) in [7, 11) is 0. The second kappa shape index (κ2) is 6.86. The van der Waals surface area contributed by atoms with Crippen LogP contribution in [0.3, 0.4) is 0 Å². The molecular formula is C26H32O2. The molecule has 28 heavy (non-hydrogen) atoms. The number of hydrogen-bond donors (Lipinski definition) is 1. The van der Waals surface area contributed by atoms with E-state index in [1.807, 2.05) is 0 Å². The van der Waals surface area contributed by atoms with Gasteiger partial charge in [0.2, 0.25) is 0 Å². The molecule has 4 rings (SSSR count). The van der Waals surface area contributed by atoms with Gasteiger partial charge in [0.1, 0.15) is 6.61 Å². The molecule has 2 aromatic rings. The van der Waals surface area contributed by atoms with Gasteiger partial charge in [0.15, 0.2) is 0 Å². The number of hydrogen-bond acceptors (Lipinski definition) is 2. The summed E-state index contributed by atoms with van der Waals surface area (Å²) in [5, 5.41) is 8.71. The fourth-order valence-corrected chi connectivity index (χ4v) is 4.97. The van der Waals surface area contributed by atoms with Crippen LogP contribution in [0, 0.1) is 6.92 Å². The number of benzene rings is 2. The van der Waals surface area contributed by atoms with Crippen molar-refractivity contribution in [3.63, 3.8) is 0 Å². The van der Waals surface area contributed by atoms with E-state index in [-0.39, 0.29) is 17.4 Å². The molecule has 2 heteroatoms. The molecule has 0 fully saturated rings. The number of aryl methyl sites for hydroxylation is 2. The van der Waals surface area contributed by atoms with E-state index in [0.29, 0.717) is 0 Å². The third-order valence-electron chi connectivity index (χ3n) is 6.98. The molecular weight excluding hydrogens is 344 g/mol. The molecule has 0 spiro atoms. The van der Waals surface area contributed by atoms with Gasteiger partial charge < -0.3 is 0 Å². The van der Waals surface area contributed by atoms with Crippen molar-refractivity contribution in [2.24, 2.45) is 0 Å². The summed E-state index contributed by atoms with van der Waals surface area (Å²) in [5.74, 6) is 0. The standard InChI is InChI=1S/C26H32O2/c1-17-12-23-24(26(4,5)11-10-25(23,2)3)15-21(17)14-20-8-7-19-13-18(16-28-27)6-9-22(19)20/h6,9,12-15,27H,7-8,10-11,16H2,1-5H3/b20-14-. The van der Waals surface area contributed by atoms with Crippen LogP contribution < -0.4 is 0 Å². The van der Waals surface area contributed by atoms with Gasteiger partial charge in [0.25, 0.3) is 0 Å². The van der Waals surface area contributed by atoms with E-state index in [1.54, 1.807) is 0 Å². The summed E-state index contributed by atoms with van der Waals surface area (Å²) in [6, 6.07) is 11.3. The first-order chi connectivity index (χ1) is 13.2. The molecule has 0 heterocycles. The van der Waals surface area contributed by atoms with Crippen LogP contribution in [0.4, 0.5) is 0 Å². The van der Waals surface area contributed by atoms with Crippen molar-refractivity contribution >= 4 is 11.6 Å². The topological polar surface area (TPSA) is 29.5 Å². The van der Waals surface area contributed by atoms with Gasteiger partial charge in [-0.15, -0.1) is 0 Å². The molecule has 2 nitrogen and oxygen atoms in total. The number of rotatable bonds is 3. The van der Waals surface area contributed by atoms with Crippen LogP contribution in [0.1, 0.15) is 85.9 Å². The highest BCUT2D eigenvalue weighted by atomic mass is 17.1. The van der Waals surface area contributed by atoms with E-state index >= 15 is 0 Å². The molecule has 0 unspecified atom stereocenters. The van der Waals surface area contributed by atoms with Gasteiger partial charge in [-0.05, 0) is 88.0 Å². The van der Waals surface area contributed by atoms with Gasteiger partial charge >= 0.3 is 0 Å². The lowest BCUT2D eigenvalue weighted by Gasteiger charge is -2.42. The van der Waals surface area contributed by atoms with Crippen LogP contribution in [0.5, 0.6) is 0 Å². The van der Waals surface area contributed by atoms with Crippen molar-refractivity contribution in [2.45, 2.75) is 77.7 Å². The van der Waals surface area contributed by atoms with Crippen LogP contribution >= 0.6 is 0 Å². The van der Waals surface area contributed by atoms with E-state index in [9.17, 15) is 0 Å². The van der Waals surface area contributed by atoms with E-state index in [1.165, 1.54) is 51.8 Å². The summed E-state index contributed by atoms with van der Waals surface area (Å²) in [6.45, 7) is 12.1. The Bertz CT molecular complexity index is 947. The minimum Gasteiger partial charge on any atom is -0.251 e. The predicted molar refractivity (Wildman–Crippen MR) is 117 cm³/mol. The molecule has 2 aliphatic carbocycles. The fraction of sp³-hybridized carbons (Fsp3) is 0.462. The van der Waals surface area contributed by atoms with Crippen LogP contribution in [-0.2, 0) is 28.7 Å². The lowest BCUT2D eigenvalue weighted by atomic mass is 9.62. The van der Waals surface area contributed by atoms with Crippen molar-refractivity contribution in [2.75, 3.05) is 0 Å². The Balaban J connectivity index is 1.76. The SMILES string of the molecule is Cc1cc2c(cc1/C=C1/CCc3cc(COO)ccc31)C(C)(C)CCC2(C)C. The molecule has 0 saturated heterocycles. The highest BCUT2D eigenvalue weighted by molar-refractivity contribution is 5.86. The van der Waals surface area contributed by atoms with Gasteiger partial charge in [0, 0.05) is 0 Å². The quantitative estimate of drug-likeness (QED) is 0.470. The molecule has 0 aliphatic heterocycles. The fourth-order valence-electron chi connectivity index (χ4n) is 4.97. The van der Waals surface area contributed by atoms with Gasteiger partial charge in [0.05, 0.1) is 0 Å². The van der Waals surface area contributed by atoms with Crippen molar-refractivity contribution < 1.29 is 10.1 Å². The maximum Gasteiger partial charge on any atom is 0.107 e. The summed E-state index contributed by atoms with van der Waals surface area (Å²) >= 11 is 0. The smallest absolute Gasteiger partial charge is 0.107 e. The number of allylic oxidation sites excluding steroid dienone is 1. The van der Waals surface area contributed by atoms with E-state index in [0.717, 1.165) is 18.4 Å². The molecule has 0 atom stereocenters. The lowest BCUT2D eigenvalue weighted by Crippen LogP contribution is -2.34. The summed E-state index contributed by atoms with van der Waals surface area (Å²) in [5.41, 5.74) is 11.4. The first-order valence-corrected chi connectivity index (χ1v) is 10.5. The maximum atomic E-state index is 8.71. The molecule has 0 bridgehead atoms. The van der Waals surface area contributed by atoms with Crippen molar-refractivity contribution in [1.29, 1.82) is 0 Å². The van der Waals surface area contributed by atoms with Crippen molar-refractivity contribution in [3.8, 4) is 0 Å². The monoisotopic (exact) mass is 376 g/mol. The molecule has 2 aromatic carbocycles. The van der Waals surface area contributed by atoms with Crippen LogP contribution in [-0.4, -0.2) is 5.26 Å². The second-order valence-corrected chi connectivity index (χ2v) is 9.96. The molecule has 148 valence electrons. The minimum absolute atomic E-state index is 0.235. The van der Waals surface area contributed by atoms with E-state index in [2.05, 4.69) is 75.9 Å². The van der Waals surface area contributed by atoms with Gasteiger partial charge in [-0.3, -0.25) is 5.26 Å². The molecule has 0 aromatic heterocycles. The third-order valence-corrected chi connectivity index (χ3v) is 6.98. The minimum atomic E-state index is 0.235. The zero-order chi connectivity index (χ0) is 20.1. The second-order valence-electron chi connectivity index (χ2n) is 9.96. The molecule has 2 aliphatic rings. The zero-order valence-corrected chi connectivity index (χ0v) is 17.9. The van der Waals surface area contributed by atoms with Gasteiger partial charge in [-0.1, -0.05) is 64.1 Å². The molecule has 0 amide bonds. The summed E-state index contributed by atoms with van der Waals surface area (Å²) < 4.78 is 0. The maximum absolute atomic E-state index is 8.71. The van der Waals surface area contributed by atoms with Crippen molar-refractivity contribution in [1.82, 2.24) is 0 Å². The lowest BCUT2D eigenvalue weighted by molar-refractivity contribution is -0.253. The van der Waals surface area contributed by atoms with Gasteiger partial charge in [-0.2, -0.15) is 0 Å². The Hall–Kier alpha value is -1.90. The predicted octanol–water partition coefficient (Wildman–Crippen LogP) is 6.82. The van der Waals surface area contributed by atoms with Crippen LogP contribution in [0.2, 0.25) is 0 Å². The normalized spacial score (nSPS) is 20.9. The Morgan fingerprint density at radius 2 is 1.64 bits per heavy atom. The Morgan fingerprint density at radius 1 is 0.964 bits per heavy atom. The van der Waals surface area contributed by atoms with Crippen LogP contribution in [0.25, 0.3) is 11.6 Å². The largest absolute Gasteiger partial charge is 0.251 e. The number of fused-ring (bicyclic) bond motifs is 2. The molecule has 1 N–H and O–H groups in total. The highest BCUT2D eigenvalue weighted by Crippen LogP contribution is 2.47. The van der Waals surface area contributed by atoms with Crippen molar-refractivity contribution in [3.05, 3.63) is 69.3 Å². The van der Waals surface area contributed by atoms with E-state index in [4.69, 9.17) is 5.26 Å². The summed E-state index contributed by atoms with van der Waals surface area (Å²) in [6.07, 6.45) is 7.03. The highest BCUT2D eigenvalue weighted by Gasteiger charge is 2.37. The third kappa shape index (κ3) is 3.33. The Labute approximate surface area is 169 Å². The van der Waals surface area contributed by atoms with Gasteiger partial charge in [-0.25, -0.2) is 4.89 Å². The van der Waals surface area contributed by atoms with E-state index < -0.39 is 0 Å². The van der Waals surface area contributed by atoms with Crippen LogP contribution in [0.15, 0.2) is 30.3 Å². The summed E-state index contributed by atoms with van der Waals surface area (Å²) in [4.78, 5) is 4.30. The molecule has 0 radical (unpaired) electrons. The average molecular weight is 377 g/mol. The zero-order valence-electron chi connectivity index (χ0n) is 17.9. The average Bonchev–Trinajstić information content (AvgIpc) is 3.03. The Kier molecular flexibility index (Phi) is 4.76. The Morgan fingerprint density at radius 3 is 2.32 bits per heavy atom. The first kappa shape index (κ1) is 19.4.